The van der Waals surface area contributed by atoms with E-state index in [1.165, 1.54) is 173 Å². The third-order valence-electron chi connectivity index (χ3n) is 14.8. The van der Waals surface area contributed by atoms with Gasteiger partial charge in [0, 0.05) is 19.3 Å². The lowest BCUT2D eigenvalue weighted by molar-refractivity contribution is -0.167. The molecule has 80 heavy (non-hydrogen) atoms. The van der Waals surface area contributed by atoms with Crippen LogP contribution in [0.5, 0.6) is 0 Å². The van der Waals surface area contributed by atoms with Crippen molar-refractivity contribution in [1.82, 2.24) is 0 Å². The Morgan fingerprint density at radius 1 is 0.250 bits per heavy atom. The molecule has 0 aromatic carbocycles. The number of esters is 3. The summed E-state index contributed by atoms with van der Waals surface area (Å²) < 4.78 is 16.9. The van der Waals surface area contributed by atoms with Crippen LogP contribution in [0.15, 0.2) is 97.2 Å². The van der Waals surface area contributed by atoms with Crippen LogP contribution in [0.25, 0.3) is 0 Å². The van der Waals surface area contributed by atoms with Gasteiger partial charge in [0.25, 0.3) is 0 Å². The summed E-state index contributed by atoms with van der Waals surface area (Å²) in [7, 11) is 0. The highest BCUT2D eigenvalue weighted by atomic mass is 16.6. The van der Waals surface area contributed by atoms with Crippen molar-refractivity contribution in [1.29, 1.82) is 0 Å². The quantitative estimate of drug-likeness (QED) is 0.0261. The Hall–Kier alpha value is -3.67. The summed E-state index contributed by atoms with van der Waals surface area (Å²) >= 11 is 0. The van der Waals surface area contributed by atoms with Gasteiger partial charge in [-0.05, 0) is 122 Å². The van der Waals surface area contributed by atoms with Crippen LogP contribution in [0.2, 0.25) is 0 Å². The van der Waals surface area contributed by atoms with E-state index in [4.69, 9.17) is 14.2 Å². The zero-order chi connectivity index (χ0) is 57.8. The van der Waals surface area contributed by atoms with Gasteiger partial charge in [-0.15, -0.1) is 0 Å². The average Bonchev–Trinajstić information content (AvgIpc) is 3.46. The van der Waals surface area contributed by atoms with Crippen molar-refractivity contribution >= 4 is 17.9 Å². The zero-order valence-corrected chi connectivity index (χ0v) is 52.8. The predicted octanol–water partition coefficient (Wildman–Crippen LogP) is 23.6. The molecule has 1 atom stereocenters. The first-order chi connectivity index (χ1) is 39.5. The third kappa shape index (κ3) is 65.1. The van der Waals surface area contributed by atoms with E-state index >= 15 is 0 Å². The van der Waals surface area contributed by atoms with Gasteiger partial charge in [-0.1, -0.05) is 291 Å². The van der Waals surface area contributed by atoms with Crippen LogP contribution in [0, 0.1) is 0 Å². The summed E-state index contributed by atoms with van der Waals surface area (Å²) in [5.41, 5.74) is 0. The highest BCUT2D eigenvalue weighted by Gasteiger charge is 2.19. The normalized spacial score (nSPS) is 12.7. The van der Waals surface area contributed by atoms with Gasteiger partial charge in [0.1, 0.15) is 13.2 Å². The maximum absolute atomic E-state index is 12.9. The molecule has 0 radical (unpaired) electrons. The Morgan fingerprint density at radius 3 is 0.762 bits per heavy atom. The van der Waals surface area contributed by atoms with E-state index in [0.29, 0.717) is 19.3 Å². The monoisotopic (exact) mass is 1110 g/mol. The summed E-state index contributed by atoms with van der Waals surface area (Å²) in [4.78, 5) is 38.4. The minimum atomic E-state index is -0.793. The fourth-order valence-electron chi connectivity index (χ4n) is 9.59. The van der Waals surface area contributed by atoms with Crippen molar-refractivity contribution in [3.05, 3.63) is 97.2 Å². The lowest BCUT2D eigenvalue weighted by Gasteiger charge is -2.18. The van der Waals surface area contributed by atoms with Crippen molar-refractivity contribution in [3.63, 3.8) is 0 Å². The van der Waals surface area contributed by atoms with Gasteiger partial charge in [-0.2, -0.15) is 0 Å². The van der Waals surface area contributed by atoms with Gasteiger partial charge in [-0.3, -0.25) is 14.4 Å². The van der Waals surface area contributed by atoms with E-state index in [9.17, 15) is 14.4 Å². The largest absolute Gasteiger partial charge is 0.462 e. The molecule has 0 rings (SSSR count). The van der Waals surface area contributed by atoms with Gasteiger partial charge in [0.15, 0.2) is 6.10 Å². The first-order valence-corrected chi connectivity index (χ1v) is 34.2. The standard InChI is InChI=1S/C74H128O6/c1-4-7-10-13-16-19-22-25-28-30-32-33-34-35-36-37-38-39-40-41-43-44-46-49-52-55-58-61-64-67-73(76)79-70-71(69-78-72(75)66-63-60-57-54-51-48-27-24-21-18-15-12-9-6-3)80-74(77)68-65-62-59-56-53-50-47-45-42-31-29-26-23-20-17-14-11-8-5-2/h15,17-18,20,22,24-27,29-30,32,34-35,42,45,71H,4-14,16,19,21,23,28,31,33,36-41,43-44,46-70H2,1-3H3/b18-15-,20-17-,25-22-,27-24-,29-26-,32-30-,35-34-,45-42-. The number of carbonyl (C=O) groups is 3. The Labute approximate surface area is 496 Å². The fourth-order valence-corrected chi connectivity index (χ4v) is 9.59. The number of allylic oxidation sites excluding steroid dienone is 16. The molecule has 0 aromatic rings. The lowest BCUT2D eigenvalue weighted by Crippen LogP contribution is -2.30. The molecule has 6 nitrogen and oxygen atoms in total. The zero-order valence-electron chi connectivity index (χ0n) is 52.8. The van der Waals surface area contributed by atoms with E-state index < -0.39 is 6.10 Å². The maximum Gasteiger partial charge on any atom is 0.306 e. The molecule has 0 fully saturated rings. The Kier molecular flexibility index (Phi) is 64.7. The highest BCUT2D eigenvalue weighted by Crippen LogP contribution is 2.16. The fraction of sp³-hybridized carbons (Fsp3) is 0.743. The van der Waals surface area contributed by atoms with Gasteiger partial charge in [-0.25, -0.2) is 0 Å². The van der Waals surface area contributed by atoms with Crippen LogP contribution in [0.4, 0.5) is 0 Å². The Balaban J connectivity index is 4.29. The van der Waals surface area contributed by atoms with E-state index in [-0.39, 0.29) is 31.1 Å². The molecule has 0 N–H and O–H groups in total. The number of carbonyl (C=O) groups excluding carboxylic acids is 3. The SMILES string of the molecule is CCCC/C=C\C/C=C\CCCCCCCC(=O)OCC(COC(=O)CCCCCCCCCCCCCCCC/C=C\C/C=C\C/C=C\CCCCCCC)OC(=O)CCCCCCCC/C=C\C/C=C\C/C=C\CCCCC. The second-order valence-corrected chi connectivity index (χ2v) is 22.7. The van der Waals surface area contributed by atoms with Crippen molar-refractivity contribution in [2.24, 2.45) is 0 Å². The van der Waals surface area contributed by atoms with E-state index in [0.717, 1.165) is 122 Å². The Bertz CT molecular complexity index is 1560. The first kappa shape index (κ1) is 76.3. The molecule has 0 aliphatic carbocycles. The molecule has 0 aromatic heterocycles. The van der Waals surface area contributed by atoms with E-state index in [1.54, 1.807) is 0 Å². The van der Waals surface area contributed by atoms with Crippen molar-refractivity contribution in [2.45, 2.75) is 341 Å². The van der Waals surface area contributed by atoms with E-state index in [1.807, 2.05) is 0 Å². The van der Waals surface area contributed by atoms with Crippen LogP contribution in [-0.4, -0.2) is 37.2 Å². The molecule has 0 bridgehead atoms. The van der Waals surface area contributed by atoms with Crippen molar-refractivity contribution < 1.29 is 28.6 Å². The van der Waals surface area contributed by atoms with Gasteiger partial charge >= 0.3 is 17.9 Å². The average molecular weight is 1110 g/mol. The molecule has 0 heterocycles. The van der Waals surface area contributed by atoms with Crippen LogP contribution in [-0.2, 0) is 28.6 Å². The molecule has 0 aliphatic rings. The molecular formula is C74H128O6. The molecule has 0 spiro atoms. The van der Waals surface area contributed by atoms with Gasteiger partial charge in [0.2, 0.25) is 0 Å². The summed E-state index contributed by atoms with van der Waals surface area (Å²) in [6, 6.07) is 0. The molecule has 0 aliphatic heterocycles. The number of unbranched alkanes of at least 4 members (excludes halogenated alkanes) is 35. The number of rotatable bonds is 62. The van der Waals surface area contributed by atoms with Gasteiger partial charge in [0.05, 0.1) is 0 Å². The molecule has 0 amide bonds. The minimum absolute atomic E-state index is 0.0867. The molecule has 0 saturated carbocycles. The molecular weight excluding hydrogens is 985 g/mol. The topological polar surface area (TPSA) is 78.9 Å². The maximum atomic E-state index is 12.9. The van der Waals surface area contributed by atoms with Crippen LogP contribution in [0.1, 0.15) is 335 Å². The first-order valence-electron chi connectivity index (χ1n) is 34.2. The summed E-state index contributed by atoms with van der Waals surface area (Å²) in [6.07, 6.45) is 91.4. The molecule has 6 heteroatoms. The summed E-state index contributed by atoms with van der Waals surface area (Å²) in [6.45, 7) is 6.57. The Morgan fingerprint density at radius 2 is 0.463 bits per heavy atom. The number of hydrogen-bond acceptors (Lipinski definition) is 6. The smallest absolute Gasteiger partial charge is 0.306 e. The van der Waals surface area contributed by atoms with Crippen molar-refractivity contribution in [2.75, 3.05) is 13.2 Å². The predicted molar refractivity (Wildman–Crippen MR) is 348 cm³/mol. The number of hydrogen-bond donors (Lipinski definition) is 0. The highest BCUT2D eigenvalue weighted by molar-refractivity contribution is 5.71. The second-order valence-electron chi connectivity index (χ2n) is 22.7. The molecule has 460 valence electrons. The van der Waals surface area contributed by atoms with Crippen LogP contribution in [0.3, 0.4) is 0 Å². The van der Waals surface area contributed by atoms with E-state index in [2.05, 4.69) is 118 Å². The number of ether oxygens (including phenoxy) is 3. The minimum Gasteiger partial charge on any atom is -0.462 e. The van der Waals surface area contributed by atoms with Crippen molar-refractivity contribution in [3.8, 4) is 0 Å². The molecule has 0 saturated heterocycles. The molecule has 1 unspecified atom stereocenters. The summed E-state index contributed by atoms with van der Waals surface area (Å²) in [5.74, 6) is -0.903. The van der Waals surface area contributed by atoms with Crippen LogP contribution < -0.4 is 0 Å². The second kappa shape index (κ2) is 67.8. The summed E-state index contributed by atoms with van der Waals surface area (Å²) in [5, 5.41) is 0. The third-order valence-corrected chi connectivity index (χ3v) is 14.8. The van der Waals surface area contributed by atoms with Gasteiger partial charge < -0.3 is 14.2 Å². The lowest BCUT2D eigenvalue weighted by atomic mass is 10.0. The van der Waals surface area contributed by atoms with Crippen LogP contribution >= 0.6 is 0 Å².